The number of benzene rings is 1. The van der Waals surface area contributed by atoms with Gasteiger partial charge in [-0.1, -0.05) is 34.1 Å². The Balaban J connectivity index is 2.03. The van der Waals surface area contributed by atoms with Gasteiger partial charge in [0.25, 0.3) is 0 Å². The number of rotatable bonds is 6. The van der Waals surface area contributed by atoms with Crippen molar-refractivity contribution in [3.8, 4) is 0 Å². The predicted molar refractivity (Wildman–Crippen MR) is 86.7 cm³/mol. The standard InChI is InChI=1S/C16H22BrN3/c1-12(2)20-8-7-15(19-20)10-13(11-18)9-14-5-3-4-6-16(14)17/h3-8,12-13H,9-11,18H2,1-2H3. The van der Waals surface area contributed by atoms with Gasteiger partial charge in [0.05, 0.1) is 5.69 Å². The van der Waals surface area contributed by atoms with E-state index in [2.05, 4.69) is 59.1 Å². The quantitative estimate of drug-likeness (QED) is 0.876. The smallest absolute Gasteiger partial charge is 0.0628 e. The lowest BCUT2D eigenvalue weighted by Gasteiger charge is -2.14. The van der Waals surface area contributed by atoms with Crippen LogP contribution in [0.1, 0.15) is 31.1 Å². The van der Waals surface area contributed by atoms with Gasteiger partial charge in [0, 0.05) is 16.7 Å². The first-order valence-electron chi connectivity index (χ1n) is 7.07. The molecule has 2 rings (SSSR count). The van der Waals surface area contributed by atoms with Gasteiger partial charge in [0.15, 0.2) is 0 Å². The molecular weight excluding hydrogens is 314 g/mol. The molecule has 0 radical (unpaired) electrons. The minimum atomic E-state index is 0.406. The van der Waals surface area contributed by atoms with Crippen molar-refractivity contribution >= 4 is 15.9 Å². The molecule has 1 aromatic carbocycles. The highest BCUT2D eigenvalue weighted by Crippen LogP contribution is 2.21. The Labute approximate surface area is 129 Å². The van der Waals surface area contributed by atoms with Crippen LogP contribution in [-0.4, -0.2) is 16.3 Å². The zero-order valence-electron chi connectivity index (χ0n) is 12.1. The summed E-state index contributed by atoms with van der Waals surface area (Å²) < 4.78 is 3.16. The van der Waals surface area contributed by atoms with E-state index in [1.165, 1.54) is 5.56 Å². The van der Waals surface area contributed by atoms with Crippen molar-refractivity contribution in [1.82, 2.24) is 9.78 Å². The van der Waals surface area contributed by atoms with Gasteiger partial charge in [-0.15, -0.1) is 0 Å². The lowest BCUT2D eigenvalue weighted by Crippen LogP contribution is -2.20. The Kier molecular flexibility index (Phi) is 5.38. The minimum absolute atomic E-state index is 0.406. The molecule has 0 spiro atoms. The molecule has 0 aliphatic rings. The molecule has 0 saturated carbocycles. The molecular formula is C16H22BrN3. The lowest BCUT2D eigenvalue weighted by atomic mass is 9.95. The molecule has 2 aromatic rings. The maximum atomic E-state index is 5.94. The van der Waals surface area contributed by atoms with Crippen molar-refractivity contribution in [1.29, 1.82) is 0 Å². The summed E-state index contributed by atoms with van der Waals surface area (Å²) in [5, 5.41) is 4.61. The van der Waals surface area contributed by atoms with Crippen molar-refractivity contribution in [2.45, 2.75) is 32.7 Å². The van der Waals surface area contributed by atoms with Gasteiger partial charge in [-0.25, -0.2) is 0 Å². The molecule has 20 heavy (non-hydrogen) atoms. The van der Waals surface area contributed by atoms with Crippen LogP contribution >= 0.6 is 15.9 Å². The fraction of sp³-hybridized carbons (Fsp3) is 0.438. The fourth-order valence-electron chi connectivity index (χ4n) is 2.28. The van der Waals surface area contributed by atoms with Gasteiger partial charge < -0.3 is 5.73 Å². The first kappa shape index (κ1) is 15.3. The molecule has 1 aromatic heterocycles. The van der Waals surface area contributed by atoms with Crippen LogP contribution in [0.15, 0.2) is 41.0 Å². The van der Waals surface area contributed by atoms with Crippen molar-refractivity contribution in [2.24, 2.45) is 11.7 Å². The molecule has 0 bridgehead atoms. The van der Waals surface area contributed by atoms with Gasteiger partial charge in [-0.2, -0.15) is 5.10 Å². The van der Waals surface area contributed by atoms with E-state index in [4.69, 9.17) is 5.73 Å². The second kappa shape index (κ2) is 7.04. The number of hydrogen-bond donors (Lipinski definition) is 1. The summed E-state index contributed by atoms with van der Waals surface area (Å²) in [5.74, 6) is 0.421. The van der Waals surface area contributed by atoms with Crippen molar-refractivity contribution in [3.63, 3.8) is 0 Å². The van der Waals surface area contributed by atoms with Crippen LogP contribution < -0.4 is 5.73 Å². The molecule has 0 aliphatic carbocycles. The van der Waals surface area contributed by atoms with Crippen LogP contribution in [0.5, 0.6) is 0 Å². The normalized spacial score (nSPS) is 12.8. The van der Waals surface area contributed by atoms with Gasteiger partial charge in [0.1, 0.15) is 0 Å². The molecule has 3 nitrogen and oxygen atoms in total. The topological polar surface area (TPSA) is 43.8 Å². The minimum Gasteiger partial charge on any atom is -0.330 e. The predicted octanol–water partition coefficient (Wildman–Crippen LogP) is 3.59. The van der Waals surface area contributed by atoms with E-state index in [0.717, 1.165) is 23.0 Å². The number of nitrogens with two attached hydrogens (primary N) is 1. The summed E-state index contributed by atoms with van der Waals surface area (Å²) in [6, 6.07) is 10.8. The van der Waals surface area contributed by atoms with E-state index < -0.39 is 0 Å². The fourth-order valence-corrected chi connectivity index (χ4v) is 2.73. The Morgan fingerprint density at radius 3 is 2.55 bits per heavy atom. The second-order valence-corrected chi connectivity index (χ2v) is 6.34. The van der Waals surface area contributed by atoms with Crippen LogP contribution in [0, 0.1) is 5.92 Å². The van der Waals surface area contributed by atoms with Crippen LogP contribution in [0.4, 0.5) is 0 Å². The number of halogens is 1. The molecule has 0 amide bonds. The largest absolute Gasteiger partial charge is 0.330 e. The van der Waals surface area contributed by atoms with E-state index >= 15 is 0 Å². The SMILES string of the molecule is CC(C)n1ccc(CC(CN)Cc2ccccc2Br)n1. The Morgan fingerprint density at radius 1 is 1.20 bits per heavy atom. The molecule has 1 atom stereocenters. The average molecular weight is 336 g/mol. The summed E-state index contributed by atoms with van der Waals surface area (Å²) >= 11 is 3.60. The highest BCUT2D eigenvalue weighted by molar-refractivity contribution is 9.10. The molecule has 2 N–H and O–H groups in total. The summed E-state index contributed by atoms with van der Waals surface area (Å²) in [6.45, 7) is 4.95. The van der Waals surface area contributed by atoms with Crippen molar-refractivity contribution in [3.05, 3.63) is 52.3 Å². The zero-order chi connectivity index (χ0) is 14.5. The van der Waals surface area contributed by atoms with E-state index in [-0.39, 0.29) is 0 Å². The van der Waals surface area contributed by atoms with E-state index in [1.54, 1.807) is 0 Å². The summed E-state index contributed by atoms with van der Waals surface area (Å²) in [5.41, 5.74) is 8.37. The molecule has 0 fully saturated rings. The van der Waals surface area contributed by atoms with Crippen LogP contribution in [-0.2, 0) is 12.8 Å². The highest BCUT2D eigenvalue weighted by Gasteiger charge is 2.13. The first-order valence-corrected chi connectivity index (χ1v) is 7.87. The lowest BCUT2D eigenvalue weighted by molar-refractivity contribution is 0.496. The molecule has 1 heterocycles. The maximum absolute atomic E-state index is 5.94. The molecule has 4 heteroatoms. The maximum Gasteiger partial charge on any atom is 0.0628 e. The third kappa shape index (κ3) is 3.93. The Bertz CT molecular complexity index is 548. The Hall–Kier alpha value is -1.13. The van der Waals surface area contributed by atoms with Gasteiger partial charge in [-0.05, 0) is 56.8 Å². The molecule has 0 aliphatic heterocycles. The summed E-state index contributed by atoms with van der Waals surface area (Å²) in [4.78, 5) is 0. The van der Waals surface area contributed by atoms with E-state index in [0.29, 0.717) is 18.5 Å². The molecule has 1 unspecified atom stereocenters. The first-order chi connectivity index (χ1) is 9.60. The Morgan fingerprint density at radius 2 is 1.95 bits per heavy atom. The van der Waals surface area contributed by atoms with E-state index in [9.17, 15) is 0 Å². The van der Waals surface area contributed by atoms with Crippen LogP contribution in [0.3, 0.4) is 0 Å². The van der Waals surface area contributed by atoms with Crippen molar-refractivity contribution in [2.75, 3.05) is 6.54 Å². The molecule has 0 saturated heterocycles. The van der Waals surface area contributed by atoms with Gasteiger partial charge in [0.2, 0.25) is 0 Å². The zero-order valence-corrected chi connectivity index (χ0v) is 13.7. The summed E-state index contributed by atoms with van der Waals surface area (Å²) in [6.07, 6.45) is 3.95. The van der Waals surface area contributed by atoms with Crippen molar-refractivity contribution < 1.29 is 0 Å². The summed E-state index contributed by atoms with van der Waals surface area (Å²) in [7, 11) is 0. The van der Waals surface area contributed by atoms with E-state index in [1.807, 2.05) is 16.9 Å². The monoisotopic (exact) mass is 335 g/mol. The van der Waals surface area contributed by atoms with Gasteiger partial charge in [-0.3, -0.25) is 4.68 Å². The van der Waals surface area contributed by atoms with Crippen LogP contribution in [0.25, 0.3) is 0 Å². The average Bonchev–Trinajstić information content (AvgIpc) is 2.89. The van der Waals surface area contributed by atoms with Gasteiger partial charge >= 0.3 is 0 Å². The number of hydrogen-bond acceptors (Lipinski definition) is 2. The third-order valence-electron chi connectivity index (χ3n) is 3.49. The highest BCUT2D eigenvalue weighted by atomic mass is 79.9. The third-order valence-corrected chi connectivity index (χ3v) is 4.26. The second-order valence-electron chi connectivity index (χ2n) is 5.48. The van der Waals surface area contributed by atoms with Crippen LogP contribution in [0.2, 0.25) is 0 Å². The number of nitrogens with zero attached hydrogens (tertiary/aromatic N) is 2. The number of aromatic nitrogens is 2. The molecule has 108 valence electrons.